The van der Waals surface area contributed by atoms with Crippen molar-refractivity contribution in [2.24, 2.45) is 22.4 Å². The third-order valence-electron chi connectivity index (χ3n) is 0.432. The van der Waals surface area contributed by atoms with Crippen LogP contribution in [0.3, 0.4) is 0 Å². The minimum atomic E-state index is -0.0926. The predicted molar refractivity (Wildman–Crippen MR) is 39.9 cm³/mol. The molecule has 0 aromatic carbocycles. The van der Waals surface area contributed by atoms with Crippen LogP contribution in [-0.4, -0.2) is 15.5 Å². The molecule has 0 atom stereocenters. The number of aromatic nitrogens is 2. The van der Waals surface area contributed by atoms with Gasteiger partial charge in [-0.15, -0.1) is 10.2 Å². The summed E-state index contributed by atoms with van der Waals surface area (Å²) in [5, 5.41) is 8.17. The number of guanidine groups is 1. The molecule has 6 N–H and O–H groups in total. The second-order valence-electron chi connectivity index (χ2n) is 1.14. The van der Waals surface area contributed by atoms with Crippen LogP contribution in [0.15, 0.2) is 16.7 Å². The summed E-state index contributed by atoms with van der Waals surface area (Å²) in [6.07, 6.45) is 1.66. The monoisotopic (exact) mass is 160 g/mol. The van der Waals surface area contributed by atoms with Gasteiger partial charge >= 0.3 is 0 Å². The highest BCUT2D eigenvalue weighted by Crippen LogP contribution is 1.78. The van der Waals surface area contributed by atoms with Gasteiger partial charge in [-0.05, 0) is 11.5 Å². The lowest BCUT2D eigenvalue weighted by Crippen LogP contribution is -2.23. The van der Waals surface area contributed by atoms with E-state index in [9.17, 15) is 0 Å². The Morgan fingerprint density at radius 1 is 1.50 bits per heavy atom. The van der Waals surface area contributed by atoms with Crippen LogP contribution in [0, 0.1) is 0 Å². The molecule has 1 rings (SSSR count). The van der Waals surface area contributed by atoms with Crippen LogP contribution < -0.4 is 17.3 Å². The lowest BCUT2D eigenvalue weighted by Gasteiger charge is -1.76. The normalized spacial score (nSPS) is 7.20. The number of nitrogens with zero attached hydrogens (tertiary/aromatic N) is 3. The first-order valence-corrected chi connectivity index (χ1v) is 3.11. The van der Waals surface area contributed by atoms with Crippen molar-refractivity contribution < 1.29 is 0 Å². The fourth-order valence-electron chi connectivity index (χ4n) is 0.136. The molecule has 0 saturated heterocycles. The SMILES string of the molecule is NN=C(N)N.c1csnn1. The molecule has 1 aromatic rings. The van der Waals surface area contributed by atoms with E-state index in [1.165, 1.54) is 11.5 Å². The zero-order chi connectivity index (χ0) is 7.82. The third kappa shape index (κ3) is 6.63. The van der Waals surface area contributed by atoms with Crippen molar-refractivity contribution in [3.05, 3.63) is 11.6 Å². The zero-order valence-electron chi connectivity index (χ0n) is 5.14. The fourth-order valence-corrected chi connectivity index (χ4v) is 0.408. The van der Waals surface area contributed by atoms with Gasteiger partial charge < -0.3 is 17.3 Å². The Balaban J connectivity index is 0.000000162. The van der Waals surface area contributed by atoms with Crippen molar-refractivity contribution in [2.45, 2.75) is 0 Å². The van der Waals surface area contributed by atoms with Gasteiger partial charge in [0.15, 0.2) is 0 Å². The predicted octanol–water partition coefficient (Wildman–Crippen LogP) is -1.33. The second-order valence-corrected chi connectivity index (χ2v) is 1.79. The van der Waals surface area contributed by atoms with Crippen molar-refractivity contribution in [1.82, 2.24) is 9.59 Å². The first-order chi connectivity index (χ1) is 4.77. The molecule has 1 heterocycles. The summed E-state index contributed by atoms with van der Waals surface area (Å²) >= 11 is 1.35. The molecule has 0 aliphatic rings. The van der Waals surface area contributed by atoms with Crippen LogP contribution in [0.5, 0.6) is 0 Å². The number of hydrogen-bond donors (Lipinski definition) is 3. The van der Waals surface area contributed by atoms with Crippen molar-refractivity contribution in [3.63, 3.8) is 0 Å². The molecular formula is C3H8N6S. The minimum absolute atomic E-state index is 0.0926. The van der Waals surface area contributed by atoms with E-state index in [0.29, 0.717) is 0 Å². The summed E-state index contributed by atoms with van der Waals surface area (Å²) < 4.78 is 3.51. The molecule has 0 bridgehead atoms. The molecule has 0 aliphatic heterocycles. The highest BCUT2D eigenvalue weighted by molar-refractivity contribution is 7.03. The lowest BCUT2D eigenvalue weighted by atomic mass is 11.1. The van der Waals surface area contributed by atoms with E-state index in [0.717, 1.165) is 0 Å². The van der Waals surface area contributed by atoms with Crippen LogP contribution in [-0.2, 0) is 0 Å². The average Bonchev–Trinajstić information content (AvgIpc) is 2.43. The Morgan fingerprint density at radius 2 is 2.10 bits per heavy atom. The largest absolute Gasteiger partial charge is 0.369 e. The summed E-state index contributed by atoms with van der Waals surface area (Å²) in [7, 11) is 0. The molecular weight excluding hydrogens is 152 g/mol. The number of rotatable bonds is 0. The number of hydrazone groups is 1. The zero-order valence-corrected chi connectivity index (χ0v) is 5.95. The first-order valence-electron chi connectivity index (χ1n) is 2.27. The molecule has 7 heteroatoms. The molecule has 10 heavy (non-hydrogen) atoms. The van der Waals surface area contributed by atoms with Crippen molar-refractivity contribution in [3.8, 4) is 0 Å². The molecule has 0 spiro atoms. The minimum Gasteiger partial charge on any atom is -0.369 e. The molecule has 0 unspecified atom stereocenters. The highest BCUT2D eigenvalue weighted by atomic mass is 32.1. The van der Waals surface area contributed by atoms with Crippen LogP contribution in [0.2, 0.25) is 0 Å². The van der Waals surface area contributed by atoms with Gasteiger partial charge in [-0.2, -0.15) is 0 Å². The Bertz CT molecular complexity index is 148. The molecule has 1 aromatic heterocycles. The first kappa shape index (κ1) is 8.63. The summed E-state index contributed by atoms with van der Waals surface area (Å²) in [6.45, 7) is 0. The second kappa shape index (κ2) is 5.76. The van der Waals surface area contributed by atoms with Gasteiger partial charge in [0, 0.05) is 5.38 Å². The van der Waals surface area contributed by atoms with Crippen molar-refractivity contribution >= 4 is 17.5 Å². The molecule has 0 amide bonds. The smallest absolute Gasteiger partial charge is 0.208 e. The van der Waals surface area contributed by atoms with E-state index < -0.39 is 0 Å². The number of nitrogens with two attached hydrogens (primary N) is 3. The molecule has 56 valence electrons. The Hall–Kier alpha value is -1.37. The van der Waals surface area contributed by atoms with Crippen molar-refractivity contribution in [2.75, 3.05) is 0 Å². The maximum atomic E-state index is 4.69. The van der Waals surface area contributed by atoms with Gasteiger partial charge in [-0.1, -0.05) is 4.49 Å². The summed E-state index contributed by atoms with van der Waals surface area (Å²) in [5.41, 5.74) is 9.39. The van der Waals surface area contributed by atoms with Crippen LogP contribution in [0.25, 0.3) is 0 Å². The van der Waals surface area contributed by atoms with E-state index in [2.05, 4.69) is 20.5 Å². The standard InChI is InChI=1S/C2H2N2S.CH6N4/c1-2-5-4-3-1;2-1(3)5-4/h1-2H;4H2,(H4,2,3,5). The van der Waals surface area contributed by atoms with Gasteiger partial charge in [-0.25, -0.2) is 0 Å². The highest BCUT2D eigenvalue weighted by Gasteiger charge is 1.62. The topological polar surface area (TPSA) is 116 Å². The van der Waals surface area contributed by atoms with Gasteiger partial charge in [-0.3, -0.25) is 0 Å². The Labute approximate surface area is 61.9 Å². The van der Waals surface area contributed by atoms with Crippen molar-refractivity contribution in [1.29, 1.82) is 0 Å². The maximum Gasteiger partial charge on any atom is 0.208 e. The van der Waals surface area contributed by atoms with Gasteiger partial charge in [0.2, 0.25) is 5.96 Å². The molecule has 0 saturated carbocycles. The molecule has 0 fully saturated rings. The summed E-state index contributed by atoms with van der Waals surface area (Å²) in [4.78, 5) is 0. The number of hydrogen-bond acceptors (Lipinski definition) is 5. The van der Waals surface area contributed by atoms with Gasteiger partial charge in [0.25, 0.3) is 0 Å². The maximum absolute atomic E-state index is 4.69. The van der Waals surface area contributed by atoms with Crippen LogP contribution >= 0.6 is 11.5 Å². The average molecular weight is 160 g/mol. The van der Waals surface area contributed by atoms with Crippen LogP contribution in [0.1, 0.15) is 0 Å². The fraction of sp³-hybridized carbons (Fsp3) is 0. The molecule has 6 nitrogen and oxygen atoms in total. The van der Waals surface area contributed by atoms with E-state index in [1.807, 2.05) is 5.38 Å². The van der Waals surface area contributed by atoms with E-state index in [-0.39, 0.29) is 5.96 Å². The van der Waals surface area contributed by atoms with E-state index in [1.54, 1.807) is 6.20 Å². The van der Waals surface area contributed by atoms with E-state index >= 15 is 0 Å². The van der Waals surface area contributed by atoms with E-state index in [4.69, 9.17) is 11.5 Å². The third-order valence-corrected chi connectivity index (χ3v) is 0.864. The lowest BCUT2D eigenvalue weighted by molar-refractivity contribution is 1.16. The van der Waals surface area contributed by atoms with Crippen LogP contribution in [0.4, 0.5) is 0 Å². The van der Waals surface area contributed by atoms with Gasteiger partial charge in [0.1, 0.15) is 0 Å². The Kier molecular flexibility index (Phi) is 4.97. The van der Waals surface area contributed by atoms with Gasteiger partial charge in [0.05, 0.1) is 6.20 Å². The quantitative estimate of drug-likeness (QED) is 0.188. The summed E-state index contributed by atoms with van der Waals surface area (Å²) in [5.74, 6) is 4.42. The Morgan fingerprint density at radius 3 is 2.20 bits per heavy atom. The summed E-state index contributed by atoms with van der Waals surface area (Å²) in [6, 6.07) is 0. The molecule has 0 aliphatic carbocycles. The molecule has 0 radical (unpaired) electrons.